The van der Waals surface area contributed by atoms with Gasteiger partial charge in [0.1, 0.15) is 0 Å². The maximum atomic E-state index is 9.37. The maximum absolute atomic E-state index is 9.37. The molecule has 2 N–H and O–H groups in total. The van der Waals surface area contributed by atoms with Gasteiger partial charge in [-0.15, -0.1) is 0 Å². The summed E-state index contributed by atoms with van der Waals surface area (Å²) in [6.07, 6.45) is 5.49. The zero-order valence-corrected chi connectivity index (χ0v) is 10.7. The van der Waals surface area contributed by atoms with E-state index in [1.807, 2.05) is 0 Å². The molecular weight excluding hydrogens is 210 g/mol. The highest BCUT2D eigenvalue weighted by Gasteiger charge is 2.34. The largest absolute Gasteiger partial charge is 0.396 e. The normalized spacial score (nSPS) is 23.4. The summed E-state index contributed by atoms with van der Waals surface area (Å²) in [6.45, 7) is 3.47. The average molecular weight is 233 g/mol. The van der Waals surface area contributed by atoms with Crippen LogP contribution in [0.1, 0.15) is 43.7 Å². The van der Waals surface area contributed by atoms with Crippen molar-refractivity contribution < 1.29 is 5.11 Å². The second kappa shape index (κ2) is 5.65. The lowest BCUT2D eigenvalue weighted by atomic mass is 9.74. The highest BCUT2D eigenvalue weighted by Crippen LogP contribution is 2.37. The van der Waals surface area contributed by atoms with Crippen LogP contribution < -0.4 is 5.32 Å². The van der Waals surface area contributed by atoms with Crippen molar-refractivity contribution in [1.82, 2.24) is 5.32 Å². The molecule has 1 aromatic rings. The Morgan fingerprint density at radius 1 is 1.35 bits per heavy atom. The van der Waals surface area contributed by atoms with Crippen molar-refractivity contribution in [3.05, 3.63) is 35.4 Å². The zero-order valence-electron chi connectivity index (χ0n) is 10.7. The van der Waals surface area contributed by atoms with E-state index in [-0.39, 0.29) is 12.1 Å². The number of aliphatic hydroxyl groups is 1. The monoisotopic (exact) mass is 233 g/mol. The first-order valence-electron chi connectivity index (χ1n) is 6.76. The topological polar surface area (TPSA) is 32.3 Å². The Morgan fingerprint density at radius 2 is 2.18 bits per heavy atom. The SMILES string of the molecule is CCCNC1(CCO)CCCc2ccccc21. The lowest BCUT2D eigenvalue weighted by molar-refractivity contribution is 0.190. The average Bonchev–Trinajstić information content (AvgIpc) is 2.37. The predicted molar refractivity (Wildman–Crippen MR) is 71.1 cm³/mol. The third-order valence-corrected chi connectivity index (χ3v) is 3.83. The first-order chi connectivity index (χ1) is 8.32. The number of aryl methyl sites for hydroxylation is 1. The molecular formula is C15H23NO. The van der Waals surface area contributed by atoms with Crippen LogP contribution in [-0.2, 0) is 12.0 Å². The van der Waals surface area contributed by atoms with Gasteiger partial charge in [-0.25, -0.2) is 0 Å². The maximum Gasteiger partial charge on any atom is 0.0459 e. The molecule has 1 atom stereocenters. The van der Waals surface area contributed by atoms with Crippen LogP contribution in [0.2, 0.25) is 0 Å². The van der Waals surface area contributed by atoms with Crippen molar-refractivity contribution in [2.24, 2.45) is 0 Å². The van der Waals surface area contributed by atoms with Gasteiger partial charge < -0.3 is 10.4 Å². The minimum Gasteiger partial charge on any atom is -0.396 e. The van der Waals surface area contributed by atoms with Gasteiger partial charge in [-0.2, -0.15) is 0 Å². The van der Waals surface area contributed by atoms with Crippen LogP contribution in [0.3, 0.4) is 0 Å². The summed E-state index contributed by atoms with van der Waals surface area (Å²) in [5, 5.41) is 13.1. The lowest BCUT2D eigenvalue weighted by Crippen LogP contribution is -2.46. The third kappa shape index (κ3) is 2.53. The fourth-order valence-corrected chi connectivity index (χ4v) is 3.01. The predicted octanol–water partition coefficient (Wildman–Crippen LogP) is 2.60. The standard InChI is InChI=1S/C15H23NO/c1-2-11-16-15(10-12-17)9-5-7-13-6-3-4-8-14(13)15/h3-4,6,8,16-17H,2,5,7,9-12H2,1H3. The van der Waals surface area contributed by atoms with Gasteiger partial charge >= 0.3 is 0 Å². The molecule has 1 aliphatic carbocycles. The smallest absolute Gasteiger partial charge is 0.0459 e. The number of aliphatic hydroxyl groups excluding tert-OH is 1. The molecule has 0 fully saturated rings. The summed E-state index contributed by atoms with van der Waals surface area (Å²) in [5.74, 6) is 0. The van der Waals surface area contributed by atoms with E-state index in [1.54, 1.807) is 0 Å². The summed E-state index contributed by atoms with van der Waals surface area (Å²) in [4.78, 5) is 0. The summed E-state index contributed by atoms with van der Waals surface area (Å²) in [6, 6.07) is 8.69. The van der Waals surface area contributed by atoms with Gasteiger partial charge in [-0.1, -0.05) is 31.2 Å². The van der Waals surface area contributed by atoms with Crippen molar-refractivity contribution in [1.29, 1.82) is 0 Å². The van der Waals surface area contributed by atoms with Gasteiger partial charge in [-0.05, 0) is 49.8 Å². The van der Waals surface area contributed by atoms with E-state index in [9.17, 15) is 5.11 Å². The molecule has 1 unspecified atom stereocenters. The summed E-state index contributed by atoms with van der Waals surface area (Å²) in [7, 11) is 0. The van der Waals surface area contributed by atoms with Crippen LogP contribution in [0.5, 0.6) is 0 Å². The minimum absolute atomic E-state index is 0.0135. The number of benzene rings is 1. The highest BCUT2D eigenvalue weighted by molar-refractivity contribution is 5.36. The molecule has 0 aromatic heterocycles. The van der Waals surface area contributed by atoms with Crippen molar-refractivity contribution in [2.75, 3.05) is 13.2 Å². The first-order valence-corrected chi connectivity index (χ1v) is 6.76. The first kappa shape index (κ1) is 12.6. The molecule has 2 heteroatoms. The van der Waals surface area contributed by atoms with Crippen molar-refractivity contribution in [2.45, 2.75) is 44.6 Å². The van der Waals surface area contributed by atoms with E-state index in [2.05, 4.69) is 36.5 Å². The molecule has 1 aliphatic rings. The lowest BCUT2D eigenvalue weighted by Gasteiger charge is -2.40. The van der Waals surface area contributed by atoms with Crippen LogP contribution >= 0.6 is 0 Å². The molecule has 0 amide bonds. The van der Waals surface area contributed by atoms with Crippen molar-refractivity contribution >= 4 is 0 Å². The van der Waals surface area contributed by atoms with Crippen LogP contribution in [0, 0.1) is 0 Å². The van der Waals surface area contributed by atoms with Gasteiger partial charge in [0.15, 0.2) is 0 Å². The third-order valence-electron chi connectivity index (χ3n) is 3.83. The molecule has 2 nitrogen and oxygen atoms in total. The zero-order chi connectivity index (χ0) is 12.1. The second-order valence-electron chi connectivity index (χ2n) is 4.99. The van der Waals surface area contributed by atoms with E-state index < -0.39 is 0 Å². The van der Waals surface area contributed by atoms with E-state index in [0.717, 1.165) is 25.8 Å². The summed E-state index contributed by atoms with van der Waals surface area (Å²) >= 11 is 0. The van der Waals surface area contributed by atoms with Crippen LogP contribution in [0.15, 0.2) is 24.3 Å². The fourth-order valence-electron chi connectivity index (χ4n) is 3.01. The van der Waals surface area contributed by atoms with E-state index in [4.69, 9.17) is 0 Å². The fraction of sp³-hybridized carbons (Fsp3) is 0.600. The van der Waals surface area contributed by atoms with Crippen LogP contribution in [-0.4, -0.2) is 18.3 Å². The number of hydrogen-bond donors (Lipinski definition) is 2. The van der Waals surface area contributed by atoms with E-state index in [1.165, 1.54) is 24.0 Å². The van der Waals surface area contributed by atoms with Crippen LogP contribution in [0.25, 0.3) is 0 Å². The Kier molecular flexibility index (Phi) is 4.19. The molecule has 17 heavy (non-hydrogen) atoms. The summed E-state index contributed by atoms with van der Waals surface area (Å²) in [5.41, 5.74) is 2.88. The molecule has 94 valence electrons. The molecule has 0 bridgehead atoms. The van der Waals surface area contributed by atoms with E-state index in [0.29, 0.717) is 0 Å². The quantitative estimate of drug-likeness (QED) is 0.819. The van der Waals surface area contributed by atoms with Gasteiger partial charge in [-0.3, -0.25) is 0 Å². The summed E-state index contributed by atoms with van der Waals surface area (Å²) < 4.78 is 0. The molecule has 0 heterocycles. The second-order valence-corrected chi connectivity index (χ2v) is 4.99. The Labute approximate surface area is 104 Å². The number of fused-ring (bicyclic) bond motifs is 1. The van der Waals surface area contributed by atoms with Gasteiger partial charge in [0.25, 0.3) is 0 Å². The number of rotatable bonds is 5. The van der Waals surface area contributed by atoms with Gasteiger partial charge in [0.2, 0.25) is 0 Å². The molecule has 0 aliphatic heterocycles. The molecule has 0 saturated carbocycles. The molecule has 0 saturated heterocycles. The Hall–Kier alpha value is -0.860. The highest BCUT2D eigenvalue weighted by atomic mass is 16.3. The molecule has 2 rings (SSSR count). The van der Waals surface area contributed by atoms with Crippen molar-refractivity contribution in [3.63, 3.8) is 0 Å². The minimum atomic E-state index is 0.0135. The molecule has 0 radical (unpaired) electrons. The van der Waals surface area contributed by atoms with Crippen molar-refractivity contribution in [3.8, 4) is 0 Å². The Bertz CT molecular complexity index is 364. The molecule has 0 spiro atoms. The number of nitrogens with one attached hydrogen (secondary N) is 1. The molecule has 1 aromatic carbocycles. The van der Waals surface area contributed by atoms with Gasteiger partial charge in [0, 0.05) is 12.1 Å². The Morgan fingerprint density at radius 3 is 2.94 bits per heavy atom. The Balaban J connectivity index is 2.32. The van der Waals surface area contributed by atoms with E-state index >= 15 is 0 Å². The number of hydrogen-bond acceptors (Lipinski definition) is 2. The van der Waals surface area contributed by atoms with Crippen LogP contribution in [0.4, 0.5) is 0 Å². The van der Waals surface area contributed by atoms with Gasteiger partial charge in [0.05, 0.1) is 0 Å².